The van der Waals surface area contributed by atoms with Crippen LogP contribution in [0.25, 0.3) is 10.9 Å². The van der Waals surface area contributed by atoms with Crippen LogP contribution in [0.15, 0.2) is 18.5 Å². The van der Waals surface area contributed by atoms with Crippen molar-refractivity contribution in [3.8, 4) is 5.88 Å². The molecule has 5 heteroatoms. The number of methoxy groups -OCH3 is 1. The molecule has 0 saturated carbocycles. The summed E-state index contributed by atoms with van der Waals surface area (Å²) in [6.07, 6.45) is 3.19. The van der Waals surface area contributed by atoms with Gasteiger partial charge in [-0.25, -0.2) is 4.98 Å². The normalized spacial score (nSPS) is 10.4. The van der Waals surface area contributed by atoms with Crippen LogP contribution in [-0.4, -0.2) is 24.9 Å². The maximum absolute atomic E-state index is 5.95. The molecule has 0 amide bonds. The average Bonchev–Trinajstić information content (AvgIpc) is 2.20. The van der Waals surface area contributed by atoms with E-state index >= 15 is 0 Å². The van der Waals surface area contributed by atoms with E-state index in [9.17, 15) is 0 Å². The maximum Gasteiger partial charge on any atom is 0.207 e. The molecule has 2 rings (SSSR count). The monoisotopic (exact) mass is 204 g/mol. The van der Waals surface area contributed by atoms with Gasteiger partial charge in [0.15, 0.2) is 0 Å². The molecule has 2 radical (unpaired) electrons. The van der Waals surface area contributed by atoms with Gasteiger partial charge in [-0.1, -0.05) is 11.6 Å². The van der Waals surface area contributed by atoms with Gasteiger partial charge < -0.3 is 4.74 Å². The molecule has 0 fully saturated rings. The minimum Gasteiger partial charge on any atom is -0.481 e. The number of pyridine rings is 2. The Kier molecular flexibility index (Phi) is 2.29. The predicted molar refractivity (Wildman–Crippen MR) is 56.5 cm³/mol. The second kappa shape index (κ2) is 3.46. The van der Waals surface area contributed by atoms with Crippen molar-refractivity contribution >= 4 is 35.8 Å². The number of hydrogen-bond acceptors (Lipinski definition) is 3. The predicted octanol–water partition coefficient (Wildman–Crippen LogP) is 1.09. The minimum atomic E-state index is 0.368. The molecule has 0 aliphatic carbocycles. The van der Waals surface area contributed by atoms with Crippen LogP contribution in [0, 0.1) is 0 Å². The number of halogens is 1. The smallest absolute Gasteiger partial charge is 0.207 e. The Hall–Kier alpha value is -1.29. The third-order valence-corrected chi connectivity index (χ3v) is 2.26. The van der Waals surface area contributed by atoms with Crippen LogP contribution >= 0.6 is 11.6 Å². The summed E-state index contributed by atoms with van der Waals surface area (Å²) >= 11 is 5.95. The molecule has 68 valence electrons. The fourth-order valence-corrected chi connectivity index (χ4v) is 1.44. The largest absolute Gasteiger partial charge is 0.481 e. The highest BCUT2D eigenvalue weighted by atomic mass is 35.5. The topological polar surface area (TPSA) is 35.0 Å². The Bertz CT molecular complexity index is 489. The second-order valence-corrected chi connectivity index (χ2v) is 3.14. The lowest BCUT2D eigenvalue weighted by Gasteiger charge is -2.06. The Morgan fingerprint density at radius 2 is 2.21 bits per heavy atom. The summed E-state index contributed by atoms with van der Waals surface area (Å²) in [5.41, 5.74) is 1.02. The van der Waals surface area contributed by atoms with Crippen molar-refractivity contribution < 1.29 is 4.74 Å². The third-order valence-electron chi connectivity index (χ3n) is 1.93. The van der Waals surface area contributed by atoms with E-state index < -0.39 is 0 Å². The molecule has 3 nitrogen and oxygen atoms in total. The zero-order valence-corrected chi connectivity index (χ0v) is 8.25. The first-order valence-corrected chi connectivity index (χ1v) is 4.34. The summed E-state index contributed by atoms with van der Waals surface area (Å²) in [6.45, 7) is 0. The van der Waals surface area contributed by atoms with Crippen LogP contribution in [-0.2, 0) is 0 Å². The van der Waals surface area contributed by atoms with Crippen LogP contribution in [0.3, 0.4) is 0 Å². The van der Waals surface area contributed by atoms with E-state index in [1.165, 1.54) is 7.11 Å². The molecule has 14 heavy (non-hydrogen) atoms. The molecular weight excluding hydrogens is 198 g/mol. The highest BCUT2D eigenvalue weighted by Crippen LogP contribution is 2.20. The third kappa shape index (κ3) is 1.32. The van der Waals surface area contributed by atoms with Crippen molar-refractivity contribution in [3.63, 3.8) is 0 Å². The quantitative estimate of drug-likeness (QED) is 0.652. The first kappa shape index (κ1) is 9.28. The first-order chi connectivity index (χ1) is 6.74. The molecule has 0 spiro atoms. The number of hydrogen-bond donors (Lipinski definition) is 0. The van der Waals surface area contributed by atoms with E-state index in [-0.39, 0.29) is 0 Å². The second-order valence-electron chi connectivity index (χ2n) is 2.74. The molecule has 0 aromatic carbocycles. The lowest BCUT2D eigenvalue weighted by atomic mass is 9.95. The minimum absolute atomic E-state index is 0.368. The number of rotatable bonds is 1. The van der Waals surface area contributed by atoms with Gasteiger partial charge in [0, 0.05) is 17.8 Å². The maximum atomic E-state index is 5.95. The van der Waals surface area contributed by atoms with E-state index in [2.05, 4.69) is 9.97 Å². The molecule has 0 aliphatic heterocycles. The molecule has 0 bridgehead atoms. The van der Waals surface area contributed by atoms with E-state index in [0.29, 0.717) is 21.9 Å². The highest BCUT2D eigenvalue weighted by molar-refractivity contribution is 6.42. The van der Waals surface area contributed by atoms with E-state index in [4.69, 9.17) is 24.2 Å². The summed E-state index contributed by atoms with van der Waals surface area (Å²) < 4.78 is 4.97. The average molecular weight is 204 g/mol. The van der Waals surface area contributed by atoms with E-state index in [0.717, 1.165) is 5.39 Å². The Morgan fingerprint density at radius 3 is 2.93 bits per heavy atom. The molecule has 2 aromatic rings. The molecule has 0 N–H and O–H groups in total. The molecule has 2 heterocycles. The van der Waals surface area contributed by atoms with E-state index in [1.54, 1.807) is 18.5 Å². The number of fused-ring (bicyclic) bond motifs is 1. The van der Waals surface area contributed by atoms with Crippen molar-refractivity contribution in [2.75, 3.05) is 7.11 Å². The summed E-state index contributed by atoms with van der Waals surface area (Å²) in [4.78, 5) is 8.13. The van der Waals surface area contributed by atoms with Crippen molar-refractivity contribution in [1.29, 1.82) is 0 Å². The fraction of sp³-hybridized carbons (Fsp3) is 0.111. The van der Waals surface area contributed by atoms with Gasteiger partial charge in [-0.3, -0.25) is 4.98 Å². The first-order valence-electron chi connectivity index (χ1n) is 3.96. The fourth-order valence-electron chi connectivity index (χ4n) is 1.24. The standard InChI is InChI=1S/C9H6BClN2O/c1-14-9-7(10)8-5(4-13-9)6(11)2-3-12-8/h2-4H,1H3. The lowest BCUT2D eigenvalue weighted by molar-refractivity contribution is 0.402. The summed E-state index contributed by atoms with van der Waals surface area (Å²) in [6, 6.07) is 1.69. The van der Waals surface area contributed by atoms with Crippen LogP contribution in [0.4, 0.5) is 0 Å². The van der Waals surface area contributed by atoms with Gasteiger partial charge in [0.1, 0.15) is 7.85 Å². The number of nitrogens with zero attached hydrogens (tertiary/aromatic N) is 2. The number of aromatic nitrogens is 2. The SMILES string of the molecule is [B]c1c(OC)ncc2c(Cl)ccnc12. The van der Waals surface area contributed by atoms with Crippen molar-refractivity contribution in [2.24, 2.45) is 0 Å². The highest BCUT2D eigenvalue weighted by Gasteiger charge is 2.07. The summed E-state index contributed by atoms with van der Waals surface area (Å²) in [5.74, 6) is 0.368. The van der Waals surface area contributed by atoms with Crippen molar-refractivity contribution in [2.45, 2.75) is 0 Å². The van der Waals surface area contributed by atoms with Gasteiger partial charge in [-0.15, -0.1) is 0 Å². The van der Waals surface area contributed by atoms with Gasteiger partial charge in [0.05, 0.1) is 17.6 Å². The van der Waals surface area contributed by atoms with Gasteiger partial charge in [0.25, 0.3) is 0 Å². The lowest BCUT2D eigenvalue weighted by Crippen LogP contribution is -2.11. The van der Waals surface area contributed by atoms with Crippen LogP contribution in [0.5, 0.6) is 5.88 Å². The summed E-state index contributed by atoms with van der Waals surface area (Å²) in [5, 5.41) is 1.31. The van der Waals surface area contributed by atoms with Gasteiger partial charge in [-0.05, 0) is 11.5 Å². The van der Waals surface area contributed by atoms with Crippen LogP contribution in [0.2, 0.25) is 5.02 Å². The van der Waals surface area contributed by atoms with Crippen molar-refractivity contribution in [1.82, 2.24) is 9.97 Å². The molecule has 0 aliphatic rings. The van der Waals surface area contributed by atoms with Gasteiger partial charge >= 0.3 is 0 Å². The molecular formula is C9H6BClN2O. The molecule has 0 atom stereocenters. The molecule has 2 aromatic heterocycles. The molecule has 0 unspecified atom stereocenters. The van der Waals surface area contributed by atoms with Crippen molar-refractivity contribution in [3.05, 3.63) is 23.5 Å². The van der Waals surface area contributed by atoms with Crippen LogP contribution < -0.4 is 10.2 Å². The zero-order valence-electron chi connectivity index (χ0n) is 7.49. The van der Waals surface area contributed by atoms with Gasteiger partial charge in [0.2, 0.25) is 5.88 Å². The van der Waals surface area contributed by atoms with Gasteiger partial charge in [-0.2, -0.15) is 0 Å². The zero-order chi connectivity index (χ0) is 10.1. The number of ether oxygens (including phenoxy) is 1. The Balaban J connectivity index is 2.84. The molecule has 0 saturated heterocycles. The Morgan fingerprint density at radius 1 is 1.43 bits per heavy atom. The van der Waals surface area contributed by atoms with E-state index in [1.807, 2.05) is 0 Å². The van der Waals surface area contributed by atoms with Crippen LogP contribution in [0.1, 0.15) is 0 Å². The summed E-state index contributed by atoms with van der Waals surface area (Å²) in [7, 11) is 7.30. The Labute approximate surface area is 87.5 Å².